The van der Waals surface area contributed by atoms with Crippen molar-refractivity contribution in [2.24, 2.45) is 0 Å². The van der Waals surface area contributed by atoms with Crippen molar-refractivity contribution in [2.75, 3.05) is 0 Å². The van der Waals surface area contributed by atoms with Crippen molar-refractivity contribution in [3.05, 3.63) is 211 Å². The van der Waals surface area contributed by atoms with Crippen LogP contribution in [0.1, 0.15) is 16.9 Å². The first-order valence-corrected chi connectivity index (χ1v) is 20.0. The zero-order valence-electron chi connectivity index (χ0n) is 31.0. The quantitative estimate of drug-likeness (QED) is 0.163. The minimum atomic E-state index is -4.44. The molecule has 282 valence electrons. The van der Waals surface area contributed by atoms with Gasteiger partial charge in [-0.25, -0.2) is 4.42 Å². The third-order valence-electron chi connectivity index (χ3n) is 10.2. The van der Waals surface area contributed by atoms with Crippen LogP contribution in [-0.2, 0) is 0 Å². The van der Waals surface area contributed by atoms with Gasteiger partial charge in [0, 0.05) is 27.8 Å². The molecular weight excluding hydrogens is 744 g/mol. The monoisotopic (exact) mass is 778 g/mol. The fourth-order valence-corrected chi connectivity index (χ4v) is 7.81. The molecule has 0 amide bonds. The molecule has 0 bridgehead atoms. The first-order chi connectivity index (χ1) is 28.3. The fourth-order valence-electron chi connectivity index (χ4n) is 7.81. The summed E-state index contributed by atoms with van der Waals surface area (Å²) in [5.74, 6) is 3.41. The van der Waals surface area contributed by atoms with Gasteiger partial charge in [0.05, 0.1) is 22.8 Å². The van der Waals surface area contributed by atoms with Crippen LogP contribution < -0.4 is 9.32 Å². The van der Waals surface area contributed by atoms with Crippen LogP contribution in [0.4, 0.5) is 0 Å². The maximum atomic E-state index is 8.72. The summed E-state index contributed by atoms with van der Waals surface area (Å²) in [7, 11) is -4.44. The van der Waals surface area contributed by atoms with E-state index in [1.165, 1.54) is 10.9 Å². The molecule has 2 aliphatic carbocycles. The average Bonchev–Trinajstić information content (AvgIpc) is 3.76. The SMILES string of the molecule is C(=C\c1c2oc(-c3ccccc3)cc(-c3ccccc3)c-2c2ccccc12)/C=C1\c2ccccc2-c2c(-c3ccccc3)cc(-c3ccccc3)[o+]c21.[O-][Cl+]([O-])(O)O. The summed E-state index contributed by atoms with van der Waals surface area (Å²) in [6, 6.07) is 63.6. The van der Waals surface area contributed by atoms with E-state index in [1.54, 1.807) is 0 Å². The van der Waals surface area contributed by atoms with Crippen LogP contribution in [0.2, 0.25) is 0 Å². The van der Waals surface area contributed by atoms with Gasteiger partial charge in [-0.3, -0.25) is 0 Å². The molecule has 6 nitrogen and oxygen atoms in total. The third kappa shape index (κ3) is 7.26. The Morgan fingerprint density at radius 3 is 1.59 bits per heavy atom. The number of benzene rings is 6. The van der Waals surface area contributed by atoms with Gasteiger partial charge in [0.2, 0.25) is 0 Å². The van der Waals surface area contributed by atoms with Crippen LogP contribution in [0.25, 0.3) is 89.8 Å². The predicted octanol–water partition coefficient (Wildman–Crippen LogP) is 10.7. The number of allylic oxidation sites excluding steroid dienone is 2. The van der Waals surface area contributed by atoms with Gasteiger partial charge in [0.15, 0.2) is 0 Å². The molecule has 0 fully saturated rings. The number of rotatable bonds is 6. The summed E-state index contributed by atoms with van der Waals surface area (Å²) in [5.41, 5.74) is 13.3. The first kappa shape index (κ1) is 36.7. The Balaban J connectivity index is 0.000000823. The second kappa shape index (κ2) is 15.6. The number of hydrogen-bond acceptors (Lipinski definition) is 5. The van der Waals surface area contributed by atoms with Crippen LogP contribution in [-0.4, -0.2) is 9.32 Å². The molecule has 0 spiro atoms. The van der Waals surface area contributed by atoms with E-state index in [4.69, 9.17) is 27.5 Å². The van der Waals surface area contributed by atoms with Gasteiger partial charge < -0.3 is 4.42 Å². The molecule has 7 heteroatoms. The number of hydrogen-bond donors (Lipinski definition) is 2. The summed E-state index contributed by atoms with van der Waals surface area (Å²) in [4.78, 5) is 0. The van der Waals surface area contributed by atoms with Crippen molar-refractivity contribution in [1.29, 1.82) is 0 Å². The molecule has 7 aromatic rings. The van der Waals surface area contributed by atoms with E-state index in [9.17, 15) is 0 Å². The molecule has 0 saturated carbocycles. The maximum absolute atomic E-state index is 8.72. The van der Waals surface area contributed by atoms with E-state index in [0.29, 0.717) is 0 Å². The van der Waals surface area contributed by atoms with E-state index in [0.717, 1.165) is 89.6 Å². The zero-order valence-corrected chi connectivity index (χ0v) is 31.7. The molecule has 58 heavy (non-hydrogen) atoms. The van der Waals surface area contributed by atoms with Crippen LogP contribution in [0.3, 0.4) is 0 Å². The summed E-state index contributed by atoms with van der Waals surface area (Å²) in [6.07, 6.45) is 6.55. The van der Waals surface area contributed by atoms with Gasteiger partial charge in [0.25, 0.3) is 0 Å². The summed E-state index contributed by atoms with van der Waals surface area (Å²) in [6.45, 7) is 0. The Bertz CT molecular complexity index is 2910. The van der Waals surface area contributed by atoms with E-state index >= 15 is 0 Å². The Hall–Kier alpha value is -6.90. The van der Waals surface area contributed by atoms with E-state index in [2.05, 4.69) is 188 Å². The molecule has 0 atom stereocenters. The van der Waals surface area contributed by atoms with Crippen LogP contribution >= 0.6 is 0 Å². The molecule has 1 aliphatic heterocycles. The Morgan fingerprint density at radius 1 is 0.500 bits per heavy atom. The van der Waals surface area contributed by atoms with Crippen molar-refractivity contribution >= 4 is 22.4 Å². The molecule has 0 saturated heterocycles. The fraction of sp³-hybridized carbons (Fsp3) is 0. The van der Waals surface area contributed by atoms with Crippen molar-refractivity contribution < 1.29 is 37.7 Å². The molecule has 2 N–H and O–H groups in total. The summed E-state index contributed by atoms with van der Waals surface area (Å²) in [5, 5.41) is 2.32. The van der Waals surface area contributed by atoms with Gasteiger partial charge in [-0.2, -0.15) is 0 Å². The molecule has 1 aromatic heterocycles. The molecular formula is C51H35ClO6. The van der Waals surface area contributed by atoms with Crippen molar-refractivity contribution in [3.8, 4) is 67.4 Å². The summed E-state index contributed by atoms with van der Waals surface area (Å²) < 4.78 is 45.3. The average molecular weight is 779 g/mol. The normalized spacial score (nSPS) is 13.1. The van der Waals surface area contributed by atoms with Crippen molar-refractivity contribution in [1.82, 2.24) is 0 Å². The number of halogens is 1. The second-order valence-corrected chi connectivity index (χ2v) is 14.6. The van der Waals surface area contributed by atoms with Crippen molar-refractivity contribution in [2.45, 2.75) is 0 Å². The van der Waals surface area contributed by atoms with Gasteiger partial charge >= 0.3 is 40.4 Å². The van der Waals surface area contributed by atoms with E-state index in [1.807, 2.05) is 12.1 Å². The topological polar surface area (TPSA) is 111 Å². The van der Waals surface area contributed by atoms with Gasteiger partial charge in [-0.05, 0) is 57.3 Å². The summed E-state index contributed by atoms with van der Waals surface area (Å²) >= 11 is 0. The Labute approximate surface area is 337 Å². The standard InChI is InChI=1S/C51H33O2.ClH2O4/c1-5-18-34(19-6-1)44-32-46(36-22-9-3-10-23-36)52-50-42(38-26-13-15-28-40(38)48(44)50)30-17-31-43-39-27-14-16-29-41(39)49-45(35-20-7-2-8-21-35)33-47(53-51(43)49)37-24-11-4-12-25-37;2-1(3,4)5/h1-33H;2-3H/q+1;-1. The molecule has 6 aromatic carbocycles. The molecule has 2 heterocycles. The van der Waals surface area contributed by atoms with Crippen LogP contribution in [0.5, 0.6) is 0 Å². The van der Waals surface area contributed by atoms with Gasteiger partial charge in [0.1, 0.15) is 11.5 Å². The molecule has 0 unspecified atom stereocenters. The van der Waals surface area contributed by atoms with Gasteiger partial charge in [-0.1, -0.05) is 170 Å². The molecule has 10 rings (SSSR count). The first-order valence-electron chi connectivity index (χ1n) is 18.7. The van der Waals surface area contributed by atoms with E-state index in [-0.39, 0.29) is 0 Å². The number of fused-ring (bicyclic) bond motifs is 6. The van der Waals surface area contributed by atoms with E-state index < -0.39 is 10.2 Å². The predicted molar refractivity (Wildman–Crippen MR) is 224 cm³/mol. The minimum absolute atomic E-state index is 0.833. The van der Waals surface area contributed by atoms with Crippen LogP contribution in [0, 0.1) is 10.2 Å². The van der Waals surface area contributed by atoms with Crippen LogP contribution in [0.15, 0.2) is 203 Å². The Morgan fingerprint density at radius 2 is 0.983 bits per heavy atom. The third-order valence-corrected chi connectivity index (χ3v) is 10.2. The zero-order chi connectivity index (χ0) is 39.6. The van der Waals surface area contributed by atoms with Crippen molar-refractivity contribution in [3.63, 3.8) is 0 Å². The molecule has 0 radical (unpaired) electrons. The molecule has 3 aliphatic rings. The van der Waals surface area contributed by atoms with Gasteiger partial charge in [-0.15, -0.1) is 0 Å². The Kier molecular flexibility index (Phi) is 9.85. The second-order valence-electron chi connectivity index (χ2n) is 13.8.